The van der Waals surface area contributed by atoms with E-state index in [1.807, 2.05) is 30.5 Å². The molecule has 1 saturated heterocycles. The Balaban J connectivity index is 1.56. The quantitative estimate of drug-likeness (QED) is 0.508. The second-order valence-electron chi connectivity index (χ2n) is 6.93. The Morgan fingerprint density at radius 3 is 2.93 bits per heavy atom. The summed E-state index contributed by atoms with van der Waals surface area (Å²) in [5.74, 6) is 2.30. The van der Waals surface area contributed by atoms with Crippen molar-refractivity contribution in [1.29, 1.82) is 0 Å². The van der Waals surface area contributed by atoms with Gasteiger partial charge in [-0.1, -0.05) is 24.6 Å². The molecule has 0 aromatic carbocycles. The maximum absolute atomic E-state index is 6.29. The van der Waals surface area contributed by atoms with Crippen molar-refractivity contribution in [2.24, 2.45) is 4.99 Å². The van der Waals surface area contributed by atoms with Crippen LogP contribution < -0.4 is 20.3 Å². The Hall–Kier alpha value is -2.54. The Kier molecular flexibility index (Phi) is 7.93. The lowest BCUT2D eigenvalue weighted by Crippen LogP contribution is -2.44. The van der Waals surface area contributed by atoms with E-state index in [0.29, 0.717) is 24.1 Å². The van der Waals surface area contributed by atoms with Gasteiger partial charge in [-0.2, -0.15) is 0 Å². The molecule has 1 atom stereocenters. The van der Waals surface area contributed by atoms with Crippen LogP contribution in [0, 0.1) is 0 Å². The van der Waals surface area contributed by atoms with Crippen LogP contribution in [0.3, 0.4) is 0 Å². The molecule has 2 N–H and O–H groups in total. The number of rotatable bonds is 8. The Morgan fingerprint density at radius 1 is 1.31 bits per heavy atom. The van der Waals surface area contributed by atoms with E-state index >= 15 is 0 Å². The van der Waals surface area contributed by atoms with Gasteiger partial charge in [-0.25, -0.2) is 15.0 Å². The van der Waals surface area contributed by atoms with Gasteiger partial charge < -0.3 is 20.3 Å². The minimum absolute atomic E-state index is 0.286. The van der Waals surface area contributed by atoms with Crippen molar-refractivity contribution < 1.29 is 4.74 Å². The van der Waals surface area contributed by atoms with Gasteiger partial charge in [0.25, 0.3) is 0 Å². The summed E-state index contributed by atoms with van der Waals surface area (Å²) >= 11 is 6.29. The first kappa shape index (κ1) is 21.2. The van der Waals surface area contributed by atoms with Gasteiger partial charge in [0.15, 0.2) is 5.96 Å². The molecule has 156 valence electrons. The van der Waals surface area contributed by atoms with E-state index in [-0.39, 0.29) is 6.04 Å². The lowest BCUT2D eigenvalue weighted by molar-refractivity contribution is 0.305. The van der Waals surface area contributed by atoms with Crippen molar-refractivity contribution in [3.8, 4) is 5.88 Å². The van der Waals surface area contributed by atoms with E-state index in [1.165, 1.54) is 0 Å². The summed E-state index contributed by atoms with van der Waals surface area (Å²) in [6, 6.07) is 7.92. The fourth-order valence-electron chi connectivity index (χ4n) is 3.16. The third kappa shape index (κ3) is 6.22. The van der Waals surface area contributed by atoms with Gasteiger partial charge in [0.05, 0.1) is 18.2 Å². The Labute approximate surface area is 177 Å². The molecule has 29 heavy (non-hydrogen) atoms. The second kappa shape index (κ2) is 10.9. The summed E-state index contributed by atoms with van der Waals surface area (Å²) in [5, 5.41) is 7.53. The van der Waals surface area contributed by atoms with Crippen LogP contribution in [0.5, 0.6) is 5.88 Å². The van der Waals surface area contributed by atoms with Crippen LogP contribution in [-0.2, 0) is 6.54 Å². The molecule has 1 unspecified atom stereocenters. The summed E-state index contributed by atoms with van der Waals surface area (Å²) in [7, 11) is 0. The average Bonchev–Trinajstić information content (AvgIpc) is 3.20. The summed E-state index contributed by atoms with van der Waals surface area (Å²) in [6.07, 6.45) is 5.57. The van der Waals surface area contributed by atoms with E-state index in [4.69, 9.17) is 21.3 Å². The van der Waals surface area contributed by atoms with Gasteiger partial charge >= 0.3 is 0 Å². The summed E-state index contributed by atoms with van der Waals surface area (Å²) < 4.78 is 5.53. The van der Waals surface area contributed by atoms with Gasteiger partial charge in [-0.3, -0.25) is 0 Å². The molecule has 0 bridgehead atoms. The third-order valence-corrected chi connectivity index (χ3v) is 4.88. The van der Waals surface area contributed by atoms with Crippen LogP contribution >= 0.6 is 11.6 Å². The van der Waals surface area contributed by atoms with E-state index in [1.54, 1.807) is 6.20 Å². The van der Waals surface area contributed by atoms with E-state index in [9.17, 15) is 0 Å². The molecule has 1 aliphatic rings. The monoisotopic (exact) mass is 416 g/mol. The molecule has 8 heteroatoms. The lowest BCUT2D eigenvalue weighted by Gasteiger charge is -2.20. The molecule has 0 spiro atoms. The van der Waals surface area contributed by atoms with Gasteiger partial charge in [-0.05, 0) is 37.5 Å². The van der Waals surface area contributed by atoms with E-state index in [0.717, 1.165) is 49.8 Å². The maximum atomic E-state index is 6.29. The molecule has 7 nitrogen and oxygen atoms in total. The van der Waals surface area contributed by atoms with Crippen molar-refractivity contribution >= 4 is 23.4 Å². The molecule has 0 amide bonds. The van der Waals surface area contributed by atoms with Crippen molar-refractivity contribution in [3.63, 3.8) is 0 Å². The van der Waals surface area contributed by atoms with Crippen molar-refractivity contribution in [2.45, 2.75) is 39.3 Å². The van der Waals surface area contributed by atoms with Crippen LogP contribution in [0.15, 0.2) is 41.7 Å². The van der Waals surface area contributed by atoms with Crippen molar-refractivity contribution in [1.82, 2.24) is 20.6 Å². The minimum atomic E-state index is 0.286. The molecular weight excluding hydrogens is 388 g/mol. The van der Waals surface area contributed by atoms with Crippen LogP contribution in [0.4, 0.5) is 5.82 Å². The highest BCUT2D eigenvalue weighted by Gasteiger charge is 2.25. The van der Waals surface area contributed by atoms with Gasteiger partial charge in [0.2, 0.25) is 5.88 Å². The molecule has 0 radical (unpaired) electrons. The smallest absolute Gasteiger partial charge is 0.213 e. The summed E-state index contributed by atoms with van der Waals surface area (Å²) in [6.45, 7) is 7.93. The Bertz CT molecular complexity index is 798. The first-order valence-electron chi connectivity index (χ1n) is 10.2. The SMILES string of the molecule is CCCOc1ccc(CN=C(NCC)NC2CCN(c3ncccc3Cl)C2)cn1. The fourth-order valence-corrected chi connectivity index (χ4v) is 3.40. The number of guanidine groups is 1. The number of aromatic nitrogens is 2. The Morgan fingerprint density at radius 2 is 2.21 bits per heavy atom. The normalized spacial score (nSPS) is 16.7. The number of hydrogen-bond acceptors (Lipinski definition) is 5. The number of halogens is 1. The summed E-state index contributed by atoms with van der Waals surface area (Å²) in [4.78, 5) is 15.7. The van der Waals surface area contributed by atoms with E-state index < -0.39 is 0 Å². The highest BCUT2D eigenvalue weighted by Crippen LogP contribution is 2.25. The molecule has 3 rings (SSSR count). The molecule has 3 heterocycles. The first-order chi connectivity index (χ1) is 14.2. The molecule has 2 aromatic rings. The topological polar surface area (TPSA) is 74.7 Å². The number of ether oxygens (including phenoxy) is 1. The van der Waals surface area contributed by atoms with Crippen LogP contribution in [-0.4, -0.2) is 48.2 Å². The zero-order valence-corrected chi connectivity index (χ0v) is 17.8. The number of hydrogen-bond donors (Lipinski definition) is 2. The molecule has 0 aliphatic carbocycles. The summed E-state index contributed by atoms with van der Waals surface area (Å²) in [5.41, 5.74) is 1.04. The molecule has 1 aliphatic heterocycles. The highest BCUT2D eigenvalue weighted by atomic mass is 35.5. The fraction of sp³-hybridized carbons (Fsp3) is 0.476. The number of anilines is 1. The van der Waals surface area contributed by atoms with Gasteiger partial charge in [0.1, 0.15) is 5.82 Å². The van der Waals surface area contributed by atoms with Gasteiger partial charge in [-0.15, -0.1) is 0 Å². The van der Waals surface area contributed by atoms with Gasteiger partial charge in [0, 0.05) is 44.1 Å². The molecule has 2 aromatic heterocycles. The first-order valence-corrected chi connectivity index (χ1v) is 10.6. The maximum Gasteiger partial charge on any atom is 0.213 e. The number of pyridine rings is 2. The molecule has 0 saturated carbocycles. The zero-order chi connectivity index (χ0) is 20.5. The minimum Gasteiger partial charge on any atom is -0.478 e. The lowest BCUT2D eigenvalue weighted by atomic mass is 10.2. The van der Waals surface area contributed by atoms with Crippen molar-refractivity contribution in [3.05, 3.63) is 47.2 Å². The van der Waals surface area contributed by atoms with Crippen LogP contribution in [0.1, 0.15) is 32.3 Å². The zero-order valence-electron chi connectivity index (χ0n) is 17.1. The highest BCUT2D eigenvalue weighted by molar-refractivity contribution is 6.32. The van der Waals surface area contributed by atoms with Crippen LogP contribution in [0.25, 0.3) is 0 Å². The number of nitrogens with one attached hydrogen (secondary N) is 2. The standard InChI is InChI=1S/C21H29ClN6O/c1-3-12-29-19-8-7-16(13-25-19)14-26-21(23-4-2)27-17-9-11-28(15-17)20-18(22)6-5-10-24-20/h5-8,10,13,17H,3-4,9,11-12,14-15H2,1-2H3,(H2,23,26,27). The molecule has 1 fully saturated rings. The molecular formula is C21H29ClN6O. The predicted octanol–water partition coefficient (Wildman–Crippen LogP) is 3.25. The average molecular weight is 417 g/mol. The van der Waals surface area contributed by atoms with E-state index in [2.05, 4.69) is 39.3 Å². The second-order valence-corrected chi connectivity index (χ2v) is 7.34. The van der Waals surface area contributed by atoms with Crippen molar-refractivity contribution in [2.75, 3.05) is 31.1 Å². The third-order valence-electron chi connectivity index (χ3n) is 4.58. The number of nitrogens with zero attached hydrogens (tertiary/aromatic N) is 4. The van der Waals surface area contributed by atoms with Crippen LogP contribution in [0.2, 0.25) is 5.02 Å². The largest absolute Gasteiger partial charge is 0.478 e. The predicted molar refractivity (Wildman–Crippen MR) is 118 cm³/mol. The number of aliphatic imine (C=N–C) groups is 1.